The van der Waals surface area contributed by atoms with Gasteiger partial charge in [-0.05, 0) is 19.3 Å². The third kappa shape index (κ3) is 3.25. The van der Waals surface area contributed by atoms with Crippen LogP contribution in [0.5, 0.6) is 0 Å². The summed E-state index contributed by atoms with van der Waals surface area (Å²) in [6.45, 7) is 12.0. The summed E-state index contributed by atoms with van der Waals surface area (Å²) in [5, 5.41) is 3.69. The van der Waals surface area contributed by atoms with Crippen molar-refractivity contribution in [3.8, 4) is 0 Å². The van der Waals surface area contributed by atoms with Crippen molar-refractivity contribution in [2.24, 2.45) is 5.92 Å². The molecule has 23 heavy (non-hydrogen) atoms. The SMILES string of the molecule is CCC(=O)N1CCC2(CC1)N[C@H]([C@@H](C)CC)C(=O)N2[C@@H](C)CC. The lowest BCUT2D eigenvalue weighted by Crippen LogP contribution is -2.61. The molecule has 132 valence electrons. The van der Waals surface area contributed by atoms with E-state index in [0.29, 0.717) is 12.3 Å². The van der Waals surface area contributed by atoms with Gasteiger partial charge in [0.25, 0.3) is 0 Å². The molecule has 0 aliphatic carbocycles. The van der Waals surface area contributed by atoms with Crippen LogP contribution < -0.4 is 5.32 Å². The van der Waals surface area contributed by atoms with Crippen molar-refractivity contribution in [2.45, 2.75) is 84.5 Å². The van der Waals surface area contributed by atoms with Gasteiger partial charge in [0.05, 0.1) is 11.7 Å². The fourth-order valence-corrected chi connectivity index (χ4v) is 3.96. The number of carbonyl (C=O) groups is 2. The van der Waals surface area contributed by atoms with E-state index in [1.54, 1.807) is 0 Å². The van der Waals surface area contributed by atoms with E-state index in [0.717, 1.165) is 38.8 Å². The second kappa shape index (κ2) is 7.20. The molecule has 0 saturated carbocycles. The first-order valence-electron chi connectivity index (χ1n) is 9.28. The lowest BCUT2D eigenvalue weighted by molar-refractivity contribution is -0.139. The van der Waals surface area contributed by atoms with Crippen LogP contribution >= 0.6 is 0 Å². The molecule has 2 amide bonds. The van der Waals surface area contributed by atoms with Gasteiger partial charge < -0.3 is 9.80 Å². The molecular weight excluding hydrogens is 290 g/mol. The molecule has 0 aromatic rings. The summed E-state index contributed by atoms with van der Waals surface area (Å²) in [5.74, 6) is 0.811. The highest BCUT2D eigenvalue weighted by Gasteiger charge is 2.53. The summed E-state index contributed by atoms with van der Waals surface area (Å²) in [6, 6.07) is 0.153. The summed E-state index contributed by atoms with van der Waals surface area (Å²) < 4.78 is 0. The Balaban J connectivity index is 2.21. The van der Waals surface area contributed by atoms with Crippen LogP contribution in [0.15, 0.2) is 0 Å². The van der Waals surface area contributed by atoms with Crippen molar-refractivity contribution in [3.63, 3.8) is 0 Å². The van der Waals surface area contributed by atoms with E-state index >= 15 is 0 Å². The molecule has 5 heteroatoms. The number of hydrogen-bond donors (Lipinski definition) is 1. The van der Waals surface area contributed by atoms with E-state index < -0.39 is 0 Å². The summed E-state index contributed by atoms with van der Waals surface area (Å²) in [6.07, 6.45) is 4.18. The molecule has 2 heterocycles. The van der Waals surface area contributed by atoms with Crippen LogP contribution in [0.25, 0.3) is 0 Å². The van der Waals surface area contributed by atoms with Crippen LogP contribution in [0, 0.1) is 5.92 Å². The molecule has 0 bridgehead atoms. The van der Waals surface area contributed by atoms with Crippen molar-refractivity contribution in [2.75, 3.05) is 13.1 Å². The molecule has 0 radical (unpaired) electrons. The third-order valence-corrected chi connectivity index (χ3v) is 5.88. The van der Waals surface area contributed by atoms with Crippen LogP contribution in [0.3, 0.4) is 0 Å². The Morgan fingerprint density at radius 1 is 1.22 bits per heavy atom. The van der Waals surface area contributed by atoms with Gasteiger partial charge in [0.15, 0.2) is 0 Å². The number of amides is 2. The number of nitrogens with one attached hydrogen (secondary N) is 1. The average molecular weight is 323 g/mol. The molecule has 0 unspecified atom stereocenters. The summed E-state index contributed by atoms with van der Waals surface area (Å²) in [5.41, 5.74) is -0.259. The highest BCUT2D eigenvalue weighted by atomic mass is 16.2. The minimum absolute atomic E-state index is 0.0811. The second-order valence-electron chi connectivity index (χ2n) is 7.24. The largest absolute Gasteiger partial charge is 0.342 e. The lowest BCUT2D eigenvalue weighted by atomic mass is 9.93. The lowest BCUT2D eigenvalue weighted by Gasteiger charge is -2.46. The first-order chi connectivity index (χ1) is 10.9. The number of likely N-dealkylation sites (tertiary alicyclic amines) is 1. The van der Waals surface area contributed by atoms with Crippen molar-refractivity contribution in [1.29, 1.82) is 0 Å². The second-order valence-corrected chi connectivity index (χ2v) is 7.24. The van der Waals surface area contributed by atoms with Crippen LogP contribution in [-0.4, -0.2) is 52.5 Å². The maximum absolute atomic E-state index is 13.0. The molecular formula is C18H33N3O2. The molecule has 0 aromatic heterocycles. The number of piperidine rings is 1. The van der Waals surface area contributed by atoms with Crippen LogP contribution in [0.2, 0.25) is 0 Å². The van der Waals surface area contributed by atoms with E-state index in [9.17, 15) is 9.59 Å². The van der Waals surface area contributed by atoms with Gasteiger partial charge in [-0.15, -0.1) is 0 Å². The summed E-state index contributed by atoms with van der Waals surface area (Å²) in [7, 11) is 0. The van der Waals surface area contributed by atoms with Gasteiger partial charge in [0, 0.05) is 38.4 Å². The zero-order valence-corrected chi connectivity index (χ0v) is 15.4. The Morgan fingerprint density at radius 3 is 2.30 bits per heavy atom. The molecule has 2 aliphatic rings. The summed E-state index contributed by atoms with van der Waals surface area (Å²) >= 11 is 0. The smallest absolute Gasteiger partial charge is 0.241 e. The minimum atomic E-state index is -0.259. The zero-order valence-electron chi connectivity index (χ0n) is 15.4. The Bertz CT molecular complexity index is 444. The molecule has 2 fully saturated rings. The van der Waals surface area contributed by atoms with Crippen LogP contribution in [-0.2, 0) is 9.59 Å². The Hall–Kier alpha value is -1.10. The Kier molecular flexibility index (Phi) is 5.71. The van der Waals surface area contributed by atoms with Gasteiger partial charge in [-0.25, -0.2) is 0 Å². The topological polar surface area (TPSA) is 52.7 Å². The average Bonchev–Trinajstić information content (AvgIpc) is 2.85. The number of rotatable bonds is 5. The zero-order chi connectivity index (χ0) is 17.2. The Labute approximate surface area is 140 Å². The van der Waals surface area contributed by atoms with E-state index in [1.165, 1.54) is 0 Å². The fraction of sp³-hybridized carbons (Fsp3) is 0.889. The van der Waals surface area contributed by atoms with Crippen molar-refractivity contribution in [3.05, 3.63) is 0 Å². The standard InChI is InChI=1S/C18H33N3O2/c1-6-13(4)16-17(23)21(14(5)7-2)18(19-16)9-11-20(12-10-18)15(22)8-3/h13-14,16,19H,6-12H2,1-5H3/t13-,14-,16+/m0/s1. The number of carbonyl (C=O) groups excluding carboxylic acids is 2. The molecule has 2 aliphatic heterocycles. The predicted molar refractivity (Wildman–Crippen MR) is 91.8 cm³/mol. The van der Waals surface area contributed by atoms with Crippen molar-refractivity contribution < 1.29 is 9.59 Å². The highest BCUT2D eigenvalue weighted by molar-refractivity contribution is 5.86. The summed E-state index contributed by atoms with van der Waals surface area (Å²) in [4.78, 5) is 29.0. The van der Waals surface area contributed by atoms with Gasteiger partial charge >= 0.3 is 0 Å². The molecule has 2 rings (SSSR count). The van der Waals surface area contributed by atoms with Crippen molar-refractivity contribution in [1.82, 2.24) is 15.1 Å². The molecule has 3 atom stereocenters. The maximum Gasteiger partial charge on any atom is 0.241 e. The van der Waals surface area contributed by atoms with Crippen molar-refractivity contribution >= 4 is 11.8 Å². The van der Waals surface area contributed by atoms with E-state index in [-0.39, 0.29) is 29.6 Å². The minimum Gasteiger partial charge on any atom is -0.342 e. The van der Waals surface area contributed by atoms with E-state index in [2.05, 4.69) is 37.9 Å². The molecule has 2 saturated heterocycles. The third-order valence-electron chi connectivity index (χ3n) is 5.88. The number of nitrogens with zero attached hydrogens (tertiary/aromatic N) is 2. The molecule has 1 spiro atoms. The fourth-order valence-electron chi connectivity index (χ4n) is 3.96. The molecule has 5 nitrogen and oxygen atoms in total. The van der Waals surface area contributed by atoms with Gasteiger partial charge in [0.1, 0.15) is 0 Å². The molecule has 0 aromatic carbocycles. The van der Waals surface area contributed by atoms with E-state index in [4.69, 9.17) is 0 Å². The van der Waals surface area contributed by atoms with Gasteiger partial charge in [-0.2, -0.15) is 0 Å². The first kappa shape index (κ1) is 18.2. The number of hydrogen-bond acceptors (Lipinski definition) is 3. The normalized spacial score (nSPS) is 26.7. The maximum atomic E-state index is 13.0. The molecule has 1 N–H and O–H groups in total. The first-order valence-corrected chi connectivity index (χ1v) is 9.28. The van der Waals surface area contributed by atoms with E-state index in [1.807, 2.05) is 11.8 Å². The van der Waals surface area contributed by atoms with Crippen LogP contribution in [0.1, 0.15) is 66.7 Å². The highest BCUT2D eigenvalue weighted by Crippen LogP contribution is 2.37. The van der Waals surface area contributed by atoms with Crippen LogP contribution in [0.4, 0.5) is 0 Å². The monoisotopic (exact) mass is 323 g/mol. The predicted octanol–water partition coefficient (Wildman–Crippen LogP) is 2.36. The van der Waals surface area contributed by atoms with Gasteiger partial charge in [-0.3, -0.25) is 14.9 Å². The quantitative estimate of drug-likeness (QED) is 0.845. The Morgan fingerprint density at radius 2 is 1.83 bits per heavy atom. The van der Waals surface area contributed by atoms with Gasteiger partial charge in [0.2, 0.25) is 11.8 Å². The van der Waals surface area contributed by atoms with Gasteiger partial charge in [-0.1, -0.05) is 34.1 Å².